The van der Waals surface area contributed by atoms with Crippen LogP contribution in [0.15, 0.2) is 42.7 Å². The zero-order chi connectivity index (χ0) is 13.0. The minimum atomic E-state index is -0.837. The number of urea groups is 1. The maximum atomic E-state index is 13.3. The predicted molar refractivity (Wildman–Crippen MR) is 63.2 cm³/mol. The van der Waals surface area contributed by atoms with Crippen LogP contribution in [-0.4, -0.2) is 11.0 Å². The average molecular weight is 249 g/mol. The van der Waals surface area contributed by atoms with Gasteiger partial charge in [-0.15, -0.1) is 0 Å². The number of nitrogens with zero attached hydrogens (tertiary/aromatic N) is 1. The Hall–Kier alpha value is -2.50. The van der Waals surface area contributed by atoms with Crippen LogP contribution in [0.5, 0.6) is 0 Å². The fourth-order valence-electron chi connectivity index (χ4n) is 1.31. The molecule has 1 aromatic carbocycles. The number of amides is 2. The molecule has 6 heteroatoms. The van der Waals surface area contributed by atoms with Crippen molar-refractivity contribution in [3.63, 3.8) is 0 Å². The van der Waals surface area contributed by atoms with Gasteiger partial charge in [0.05, 0.1) is 17.6 Å². The number of carbonyl (C=O) groups is 1. The summed E-state index contributed by atoms with van der Waals surface area (Å²) < 4.78 is 25.9. The summed E-state index contributed by atoms with van der Waals surface area (Å²) in [5, 5.41) is 4.73. The van der Waals surface area contributed by atoms with Gasteiger partial charge >= 0.3 is 6.03 Å². The second-order valence-electron chi connectivity index (χ2n) is 3.44. The molecule has 2 rings (SSSR count). The van der Waals surface area contributed by atoms with Crippen LogP contribution in [0.2, 0.25) is 0 Å². The molecule has 2 aromatic rings. The minimum absolute atomic E-state index is 0.0993. The monoisotopic (exact) mass is 249 g/mol. The van der Waals surface area contributed by atoms with Crippen molar-refractivity contribution in [3.8, 4) is 0 Å². The zero-order valence-corrected chi connectivity index (χ0v) is 9.15. The normalized spacial score (nSPS) is 9.89. The van der Waals surface area contributed by atoms with E-state index in [1.54, 1.807) is 18.3 Å². The topological polar surface area (TPSA) is 54.0 Å². The molecular weight excluding hydrogens is 240 g/mol. The summed E-state index contributed by atoms with van der Waals surface area (Å²) >= 11 is 0. The van der Waals surface area contributed by atoms with Crippen molar-refractivity contribution >= 4 is 17.4 Å². The molecule has 0 saturated carbocycles. The maximum absolute atomic E-state index is 13.3. The molecule has 2 amide bonds. The van der Waals surface area contributed by atoms with E-state index in [0.29, 0.717) is 11.8 Å². The van der Waals surface area contributed by atoms with Gasteiger partial charge in [0.1, 0.15) is 11.6 Å². The van der Waals surface area contributed by atoms with Gasteiger partial charge in [-0.25, -0.2) is 13.6 Å². The Kier molecular flexibility index (Phi) is 3.47. The molecule has 2 N–H and O–H groups in total. The lowest BCUT2D eigenvalue weighted by molar-refractivity contribution is 0.262. The summed E-state index contributed by atoms with van der Waals surface area (Å²) in [5.74, 6) is -1.54. The molecule has 0 aliphatic heterocycles. The van der Waals surface area contributed by atoms with E-state index in [-0.39, 0.29) is 5.69 Å². The molecule has 0 bridgehead atoms. The van der Waals surface area contributed by atoms with Crippen LogP contribution in [0, 0.1) is 11.6 Å². The van der Waals surface area contributed by atoms with Crippen LogP contribution in [0.25, 0.3) is 0 Å². The Labute approximate surface area is 102 Å². The second-order valence-corrected chi connectivity index (χ2v) is 3.44. The maximum Gasteiger partial charge on any atom is 0.323 e. The molecule has 18 heavy (non-hydrogen) atoms. The predicted octanol–water partition coefficient (Wildman–Crippen LogP) is 3.00. The molecule has 0 fully saturated rings. The molecule has 0 radical (unpaired) electrons. The number of nitrogens with one attached hydrogen (secondary N) is 2. The van der Waals surface area contributed by atoms with Gasteiger partial charge in [0, 0.05) is 12.3 Å². The summed E-state index contributed by atoms with van der Waals surface area (Å²) in [7, 11) is 0. The number of hydrogen-bond acceptors (Lipinski definition) is 2. The van der Waals surface area contributed by atoms with Crippen LogP contribution >= 0.6 is 0 Å². The lowest BCUT2D eigenvalue weighted by atomic mass is 10.3. The van der Waals surface area contributed by atoms with E-state index < -0.39 is 17.7 Å². The van der Waals surface area contributed by atoms with E-state index in [9.17, 15) is 13.6 Å². The molecule has 1 heterocycles. The molecule has 0 spiro atoms. The number of halogens is 2. The third-order valence-corrected chi connectivity index (χ3v) is 2.10. The van der Waals surface area contributed by atoms with Crippen molar-refractivity contribution in [2.75, 3.05) is 10.6 Å². The Balaban J connectivity index is 2.03. The summed E-state index contributed by atoms with van der Waals surface area (Å²) in [5.41, 5.74) is 0.371. The summed E-state index contributed by atoms with van der Waals surface area (Å²) in [6, 6.07) is 5.55. The average Bonchev–Trinajstić information content (AvgIpc) is 2.34. The largest absolute Gasteiger partial charge is 0.323 e. The Morgan fingerprint density at radius 2 is 2.00 bits per heavy atom. The highest BCUT2D eigenvalue weighted by Crippen LogP contribution is 2.15. The zero-order valence-electron chi connectivity index (χ0n) is 9.15. The van der Waals surface area contributed by atoms with E-state index in [2.05, 4.69) is 15.6 Å². The van der Waals surface area contributed by atoms with Crippen molar-refractivity contribution in [2.45, 2.75) is 0 Å². The van der Waals surface area contributed by atoms with Gasteiger partial charge in [0.2, 0.25) is 0 Å². The molecule has 0 saturated heterocycles. The van der Waals surface area contributed by atoms with Gasteiger partial charge in [-0.05, 0) is 24.3 Å². The number of pyridine rings is 1. The van der Waals surface area contributed by atoms with Gasteiger partial charge in [-0.3, -0.25) is 4.98 Å². The van der Waals surface area contributed by atoms with Crippen LogP contribution in [-0.2, 0) is 0 Å². The Bertz CT molecular complexity index is 561. The molecule has 0 unspecified atom stereocenters. The van der Waals surface area contributed by atoms with Crippen molar-refractivity contribution < 1.29 is 13.6 Å². The third-order valence-electron chi connectivity index (χ3n) is 2.10. The Morgan fingerprint density at radius 3 is 2.67 bits per heavy atom. The van der Waals surface area contributed by atoms with Gasteiger partial charge < -0.3 is 10.6 Å². The van der Waals surface area contributed by atoms with Crippen molar-refractivity contribution in [2.24, 2.45) is 0 Å². The minimum Gasteiger partial charge on any atom is -0.306 e. The third kappa shape index (κ3) is 3.00. The summed E-state index contributed by atoms with van der Waals surface area (Å²) in [4.78, 5) is 15.3. The first kappa shape index (κ1) is 12.0. The fraction of sp³-hybridized carbons (Fsp3) is 0. The lowest BCUT2D eigenvalue weighted by Gasteiger charge is -2.07. The highest BCUT2D eigenvalue weighted by Gasteiger charge is 2.07. The van der Waals surface area contributed by atoms with Crippen LogP contribution < -0.4 is 10.6 Å². The highest BCUT2D eigenvalue weighted by molar-refractivity contribution is 5.99. The first-order valence-corrected chi connectivity index (χ1v) is 5.08. The molecule has 0 aliphatic carbocycles. The number of anilines is 2. The quantitative estimate of drug-likeness (QED) is 0.859. The molecule has 0 atom stereocenters. The molecule has 0 aliphatic rings. The van der Waals surface area contributed by atoms with Crippen molar-refractivity contribution in [1.82, 2.24) is 4.98 Å². The van der Waals surface area contributed by atoms with E-state index >= 15 is 0 Å². The highest BCUT2D eigenvalue weighted by atomic mass is 19.1. The SMILES string of the molecule is O=C(Nc1cccnc1)Nc1ccc(F)cc1F. The number of hydrogen-bond donors (Lipinski definition) is 2. The number of aromatic nitrogens is 1. The molecule has 1 aromatic heterocycles. The Morgan fingerprint density at radius 1 is 1.17 bits per heavy atom. The van der Waals surface area contributed by atoms with E-state index in [0.717, 1.165) is 12.1 Å². The van der Waals surface area contributed by atoms with Crippen LogP contribution in [0.1, 0.15) is 0 Å². The van der Waals surface area contributed by atoms with Gasteiger partial charge in [-0.2, -0.15) is 0 Å². The smallest absolute Gasteiger partial charge is 0.306 e. The van der Waals surface area contributed by atoms with E-state index in [1.165, 1.54) is 6.20 Å². The fourth-order valence-corrected chi connectivity index (χ4v) is 1.31. The van der Waals surface area contributed by atoms with Gasteiger partial charge in [0.25, 0.3) is 0 Å². The van der Waals surface area contributed by atoms with E-state index in [1.807, 2.05) is 0 Å². The standard InChI is InChI=1S/C12H9F2N3O/c13-8-3-4-11(10(14)6-8)17-12(18)16-9-2-1-5-15-7-9/h1-7H,(H2,16,17,18). The first-order chi connectivity index (χ1) is 8.65. The molecular formula is C12H9F2N3O. The lowest BCUT2D eigenvalue weighted by Crippen LogP contribution is -2.20. The second kappa shape index (κ2) is 5.22. The molecule has 4 nitrogen and oxygen atoms in total. The number of rotatable bonds is 2. The van der Waals surface area contributed by atoms with Gasteiger partial charge in [0.15, 0.2) is 0 Å². The van der Waals surface area contributed by atoms with Crippen molar-refractivity contribution in [1.29, 1.82) is 0 Å². The van der Waals surface area contributed by atoms with Gasteiger partial charge in [-0.1, -0.05) is 0 Å². The van der Waals surface area contributed by atoms with Crippen LogP contribution in [0.3, 0.4) is 0 Å². The summed E-state index contributed by atoms with van der Waals surface area (Å²) in [6.45, 7) is 0. The molecule has 92 valence electrons. The van der Waals surface area contributed by atoms with E-state index in [4.69, 9.17) is 0 Å². The van der Waals surface area contributed by atoms with Crippen molar-refractivity contribution in [3.05, 3.63) is 54.4 Å². The number of carbonyl (C=O) groups excluding carboxylic acids is 1. The summed E-state index contributed by atoms with van der Waals surface area (Å²) in [6.07, 6.45) is 3.00. The first-order valence-electron chi connectivity index (χ1n) is 5.08. The number of benzene rings is 1. The van der Waals surface area contributed by atoms with Crippen LogP contribution in [0.4, 0.5) is 25.0 Å².